The number of nitrogens with one attached hydrogen (secondary N) is 2. The molecular weight excluding hydrogens is 647 g/mol. The first kappa shape index (κ1) is 30.9. The van der Waals surface area contributed by atoms with Crippen molar-refractivity contribution in [3.63, 3.8) is 0 Å². The molecule has 12 heteroatoms. The molecule has 224 valence electrons. The van der Waals surface area contributed by atoms with E-state index in [0.717, 1.165) is 56.5 Å². The van der Waals surface area contributed by atoms with Crippen LogP contribution in [-0.4, -0.2) is 73.0 Å². The molecule has 2 N–H and O–H groups in total. The van der Waals surface area contributed by atoms with Crippen LogP contribution in [0.3, 0.4) is 0 Å². The monoisotopic (exact) mass is 678 g/mol. The number of carbonyl (C=O) groups is 3. The molecule has 1 spiro atoms. The number of esters is 1. The molecule has 1 aromatic carbocycles. The van der Waals surface area contributed by atoms with Gasteiger partial charge in [0.25, 0.3) is 5.91 Å². The first-order valence-electron chi connectivity index (χ1n) is 14.2. The molecule has 1 atom stereocenters. The number of aromatic nitrogens is 1. The van der Waals surface area contributed by atoms with E-state index in [1.165, 1.54) is 12.4 Å². The highest BCUT2D eigenvalue weighted by Gasteiger charge is 2.53. The predicted octanol–water partition coefficient (Wildman–Crippen LogP) is 5.16. The summed E-state index contributed by atoms with van der Waals surface area (Å²) in [7, 11) is 0. The highest BCUT2D eigenvalue weighted by molar-refractivity contribution is 9.12. The molecule has 2 aromatic rings. The quantitative estimate of drug-likeness (QED) is 0.332. The van der Waals surface area contributed by atoms with E-state index in [1.807, 2.05) is 12.1 Å². The summed E-state index contributed by atoms with van der Waals surface area (Å²) >= 11 is 15.7. The third-order valence-electron chi connectivity index (χ3n) is 8.13. The van der Waals surface area contributed by atoms with E-state index in [9.17, 15) is 14.4 Å². The van der Waals surface area contributed by atoms with Crippen molar-refractivity contribution in [2.45, 2.75) is 44.6 Å². The third-order valence-corrected chi connectivity index (χ3v) is 9.46. The van der Waals surface area contributed by atoms with Crippen molar-refractivity contribution in [2.24, 2.45) is 5.41 Å². The van der Waals surface area contributed by atoms with Crippen molar-refractivity contribution in [3.05, 3.63) is 68.0 Å². The Morgan fingerprint density at radius 2 is 1.74 bits per heavy atom. The first-order valence-corrected chi connectivity index (χ1v) is 15.7. The first-order chi connectivity index (χ1) is 20.3. The summed E-state index contributed by atoms with van der Waals surface area (Å²) in [5.41, 5.74) is 1.80. The van der Waals surface area contributed by atoms with Crippen molar-refractivity contribution < 1.29 is 23.9 Å². The summed E-state index contributed by atoms with van der Waals surface area (Å²) in [6.07, 6.45) is 7.68. The molecule has 2 aliphatic carbocycles. The molecule has 1 aliphatic heterocycles. The van der Waals surface area contributed by atoms with Gasteiger partial charge < -0.3 is 20.1 Å². The molecular formula is C30H33BrCl2N4O5. The van der Waals surface area contributed by atoms with Gasteiger partial charge in [0.05, 0.1) is 38.7 Å². The Bertz CT molecular complexity index is 1340. The maximum absolute atomic E-state index is 13.4. The van der Waals surface area contributed by atoms with Crippen LogP contribution < -0.4 is 10.6 Å². The fourth-order valence-corrected chi connectivity index (χ4v) is 7.18. The number of ketones is 1. The van der Waals surface area contributed by atoms with Crippen molar-refractivity contribution >= 4 is 62.5 Å². The van der Waals surface area contributed by atoms with Crippen molar-refractivity contribution in [1.29, 1.82) is 0 Å². The van der Waals surface area contributed by atoms with Gasteiger partial charge in [-0.05, 0) is 46.5 Å². The number of anilines is 1. The van der Waals surface area contributed by atoms with Gasteiger partial charge in [0, 0.05) is 49.8 Å². The van der Waals surface area contributed by atoms with E-state index < -0.39 is 17.4 Å². The summed E-state index contributed by atoms with van der Waals surface area (Å²) in [5, 5.41) is 6.52. The summed E-state index contributed by atoms with van der Waals surface area (Å²) in [4.78, 5) is 45.2. The minimum atomic E-state index is -0.695. The number of halogens is 3. The number of carbonyl (C=O) groups excluding carboxylic acids is 3. The lowest BCUT2D eigenvalue weighted by atomic mass is 9.62. The number of benzene rings is 1. The number of Topliss-reactive ketones (excluding diaryl/α,β-unsaturated/α-hetero) is 1. The molecule has 5 rings (SSSR count). The van der Waals surface area contributed by atoms with Gasteiger partial charge in [-0.15, -0.1) is 0 Å². The van der Waals surface area contributed by atoms with Gasteiger partial charge in [-0.2, -0.15) is 0 Å². The molecule has 0 bridgehead atoms. The van der Waals surface area contributed by atoms with E-state index in [1.54, 1.807) is 12.1 Å². The third kappa shape index (κ3) is 6.83. The van der Waals surface area contributed by atoms with E-state index >= 15 is 0 Å². The smallest absolute Gasteiger partial charge is 0.328 e. The molecule has 2 fully saturated rings. The van der Waals surface area contributed by atoms with Crippen molar-refractivity contribution in [1.82, 2.24) is 15.2 Å². The predicted molar refractivity (Wildman–Crippen MR) is 164 cm³/mol. The largest absolute Gasteiger partial charge is 0.463 e. The molecule has 1 amide bonds. The van der Waals surface area contributed by atoms with Crippen LogP contribution in [0.15, 0.2) is 46.8 Å². The van der Waals surface area contributed by atoms with Crippen LogP contribution in [0.4, 0.5) is 5.69 Å². The molecule has 42 heavy (non-hydrogen) atoms. The average molecular weight is 680 g/mol. The van der Waals surface area contributed by atoms with E-state index in [0.29, 0.717) is 36.3 Å². The summed E-state index contributed by atoms with van der Waals surface area (Å²) in [6.45, 7) is 3.88. The van der Waals surface area contributed by atoms with Crippen molar-refractivity contribution in [3.8, 4) is 0 Å². The fraction of sp³-hybridized carbons (Fsp3) is 0.467. The lowest BCUT2D eigenvalue weighted by Gasteiger charge is -2.46. The normalized spacial score (nSPS) is 19.3. The maximum Gasteiger partial charge on any atom is 0.328 e. The Labute approximate surface area is 263 Å². The minimum Gasteiger partial charge on any atom is -0.463 e. The lowest BCUT2D eigenvalue weighted by molar-refractivity contribution is -0.147. The summed E-state index contributed by atoms with van der Waals surface area (Å²) < 4.78 is 11.7. The zero-order valence-corrected chi connectivity index (χ0v) is 26.2. The maximum atomic E-state index is 13.4. The number of pyridine rings is 1. The topological polar surface area (TPSA) is 110 Å². The van der Waals surface area contributed by atoms with E-state index in [4.69, 9.17) is 32.7 Å². The number of ether oxygens (including phenoxy) is 2. The molecule has 0 unspecified atom stereocenters. The molecule has 1 aromatic heterocycles. The average Bonchev–Trinajstić information content (AvgIpc) is 3.00. The molecule has 9 nitrogen and oxygen atoms in total. The van der Waals surface area contributed by atoms with Gasteiger partial charge in [-0.3, -0.25) is 19.5 Å². The van der Waals surface area contributed by atoms with Crippen LogP contribution in [0.5, 0.6) is 0 Å². The van der Waals surface area contributed by atoms with Crippen LogP contribution in [0.25, 0.3) is 0 Å². The Balaban J connectivity index is 1.28. The fourth-order valence-electron chi connectivity index (χ4n) is 5.77. The Morgan fingerprint density at radius 1 is 1.07 bits per heavy atom. The standard InChI is InChI=1S/C30H33BrCl2N4O5/c31-25-26(30(27(25)38)8-2-1-3-9-30)36-23(29(40)42-15-12-37-10-13-41-14-11-37)16-19-4-6-20(7-5-19)35-28(39)24-21(32)17-34-18-22(24)33/h4-7,17-18,23,36H,1-3,8-16H2,(H,35,39)/t23-/m0/s1. The zero-order valence-electron chi connectivity index (χ0n) is 23.1. The molecule has 2 heterocycles. The Kier molecular flexibility index (Phi) is 10.2. The van der Waals surface area contributed by atoms with E-state index in [-0.39, 0.29) is 34.0 Å². The highest BCUT2D eigenvalue weighted by atomic mass is 79.9. The zero-order chi connectivity index (χ0) is 29.7. The molecule has 0 radical (unpaired) electrons. The van der Waals surface area contributed by atoms with Gasteiger partial charge in [0.1, 0.15) is 12.6 Å². The van der Waals surface area contributed by atoms with Crippen LogP contribution in [0.1, 0.15) is 48.0 Å². The van der Waals surface area contributed by atoms with Gasteiger partial charge in [-0.25, -0.2) is 4.79 Å². The number of morpholine rings is 1. The van der Waals surface area contributed by atoms with Crippen molar-refractivity contribution in [2.75, 3.05) is 44.8 Å². The second-order valence-electron chi connectivity index (χ2n) is 10.8. The lowest BCUT2D eigenvalue weighted by Crippen LogP contribution is -2.53. The SMILES string of the molecule is O=C(Nc1ccc(C[C@H](NC2=C(Br)C(=O)C23CCCCC3)C(=O)OCCN2CCOCC2)cc1)c1c(Cl)cncc1Cl. The number of allylic oxidation sites excluding steroid dienone is 2. The van der Waals surface area contributed by atoms with Gasteiger partial charge in [0.15, 0.2) is 5.78 Å². The minimum absolute atomic E-state index is 0.110. The molecule has 1 saturated carbocycles. The van der Waals surface area contributed by atoms with Crippen LogP contribution in [-0.2, 0) is 25.5 Å². The Hall–Kier alpha value is -2.50. The number of hydrogen-bond donors (Lipinski definition) is 2. The molecule has 1 saturated heterocycles. The Morgan fingerprint density at radius 3 is 2.40 bits per heavy atom. The second-order valence-corrected chi connectivity index (χ2v) is 12.4. The van der Waals surface area contributed by atoms with Gasteiger partial charge >= 0.3 is 5.97 Å². The highest BCUT2D eigenvalue weighted by Crippen LogP contribution is 2.53. The van der Waals surface area contributed by atoms with Crippen LogP contribution in [0.2, 0.25) is 10.0 Å². The number of amides is 1. The van der Waals surface area contributed by atoms with Crippen LogP contribution >= 0.6 is 39.1 Å². The van der Waals surface area contributed by atoms with E-state index in [2.05, 4.69) is 36.4 Å². The summed E-state index contributed by atoms with van der Waals surface area (Å²) in [6, 6.07) is 6.49. The second kappa shape index (κ2) is 13.9. The van der Waals surface area contributed by atoms with Gasteiger partial charge in [0.2, 0.25) is 0 Å². The van der Waals surface area contributed by atoms with Gasteiger partial charge in [-0.1, -0.05) is 54.6 Å². The summed E-state index contributed by atoms with van der Waals surface area (Å²) in [5.74, 6) is -0.716. The number of rotatable bonds is 10. The number of hydrogen-bond acceptors (Lipinski definition) is 8. The number of nitrogens with zero attached hydrogens (tertiary/aromatic N) is 2. The van der Waals surface area contributed by atoms with Crippen LogP contribution in [0, 0.1) is 5.41 Å². The molecule has 3 aliphatic rings.